The normalized spacial score (nSPS) is 10.3. The number of halogens is 1. The minimum atomic E-state index is -0.729. The van der Waals surface area contributed by atoms with Crippen molar-refractivity contribution in [3.8, 4) is 0 Å². The topological polar surface area (TPSA) is 85.4 Å². The largest absolute Gasteiger partial charge is 0.452 e. The molecule has 1 N–H and O–H groups in total. The molecule has 0 unspecified atom stereocenters. The molecule has 6 nitrogen and oxygen atoms in total. The molecule has 0 aliphatic heterocycles. The van der Waals surface area contributed by atoms with E-state index in [9.17, 15) is 14.4 Å². The molecule has 0 radical (unpaired) electrons. The third-order valence-corrected chi connectivity index (χ3v) is 3.72. The summed E-state index contributed by atoms with van der Waals surface area (Å²) in [5, 5.41) is 2.85. The molecule has 3 aromatic rings. The molecular formula is C19H13ClN2O4. The van der Waals surface area contributed by atoms with E-state index < -0.39 is 24.4 Å². The summed E-state index contributed by atoms with van der Waals surface area (Å²) in [6.45, 7) is -0.592. The molecule has 0 saturated carbocycles. The fourth-order valence-corrected chi connectivity index (χ4v) is 2.55. The van der Waals surface area contributed by atoms with Gasteiger partial charge in [-0.15, -0.1) is 0 Å². The van der Waals surface area contributed by atoms with E-state index in [2.05, 4.69) is 10.3 Å². The quantitative estimate of drug-likeness (QED) is 0.565. The first kappa shape index (κ1) is 17.6. The summed E-state index contributed by atoms with van der Waals surface area (Å²) >= 11 is 5.92. The number of hydrogen-bond acceptors (Lipinski definition) is 5. The highest BCUT2D eigenvalue weighted by molar-refractivity contribution is 6.30. The minimum Gasteiger partial charge on any atom is -0.452 e. The molecule has 2 aromatic carbocycles. The minimum absolute atomic E-state index is 0.138. The third kappa shape index (κ3) is 4.04. The van der Waals surface area contributed by atoms with Crippen LogP contribution < -0.4 is 5.32 Å². The van der Waals surface area contributed by atoms with Gasteiger partial charge in [0.05, 0.1) is 11.1 Å². The Morgan fingerprint density at radius 2 is 1.69 bits per heavy atom. The van der Waals surface area contributed by atoms with Crippen LogP contribution in [0.1, 0.15) is 20.7 Å². The second-order valence-corrected chi connectivity index (χ2v) is 5.72. The van der Waals surface area contributed by atoms with Gasteiger partial charge in [0.1, 0.15) is 5.15 Å². The Balaban J connectivity index is 1.66. The zero-order chi connectivity index (χ0) is 18.5. The number of carbonyl (C=O) groups excluding carboxylic acids is 3. The van der Waals surface area contributed by atoms with Gasteiger partial charge in [-0.3, -0.25) is 14.9 Å². The van der Waals surface area contributed by atoms with Gasteiger partial charge in [0.25, 0.3) is 11.8 Å². The molecule has 2 amide bonds. The van der Waals surface area contributed by atoms with Crippen LogP contribution in [-0.4, -0.2) is 29.4 Å². The number of carbonyl (C=O) groups is 3. The SMILES string of the molecule is O=C(COC(=O)c1cc(Cl)nc2ccccc12)NC(=O)c1ccccc1. The van der Waals surface area contributed by atoms with Crippen molar-refractivity contribution in [2.24, 2.45) is 0 Å². The smallest absolute Gasteiger partial charge is 0.339 e. The maximum atomic E-state index is 12.3. The zero-order valence-electron chi connectivity index (χ0n) is 13.4. The highest BCUT2D eigenvalue weighted by atomic mass is 35.5. The summed E-state index contributed by atoms with van der Waals surface area (Å²) in [5.74, 6) is -2.02. The molecule has 26 heavy (non-hydrogen) atoms. The van der Waals surface area contributed by atoms with Crippen LogP contribution in [0.5, 0.6) is 0 Å². The summed E-state index contributed by atoms with van der Waals surface area (Å²) in [6, 6.07) is 16.6. The monoisotopic (exact) mass is 368 g/mol. The van der Waals surface area contributed by atoms with Crippen LogP contribution in [0, 0.1) is 0 Å². The molecule has 0 bridgehead atoms. The fourth-order valence-electron chi connectivity index (χ4n) is 2.35. The van der Waals surface area contributed by atoms with Gasteiger partial charge in [0.2, 0.25) is 0 Å². The van der Waals surface area contributed by atoms with Gasteiger partial charge in [-0.05, 0) is 24.3 Å². The van der Waals surface area contributed by atoms with Crippen LogP contribution in [0.3, 0.4) is 0 Å². The van der Waals surface area contributed by atoms with E-state index in [0.717, 1.165) is 0 Å². The second kappa shape index (κ2) is 7.76. The van der Waals surface area contributed by atoms with E-state index in [1.165, 1.54) is 6.07 Å². The number of aromatic nitrogens is 1. The van der Waals surface area contributed by atoms with E-state index in [1.807, 2.05) is 0 Å². The van der Waals surface area contributed by atoms with Gasteiger partial charge in [0, 0.05) is 10.9 Å². The average molecular weight is 369 g/mol. The zero-order valence-corrected chi connectivity index (χ0v) is 14.2. The number of hydrogen-bond donors (Lipinski definition) is 1. The van der Waals surface area contributed by atoms with Gasteiger partial charge in [-0.25, -0.2) is 9.78 Å². The molecule has 0 atom stereocenters. The predicted molar refractivity (Wildman–Crippen MR) is 96.0 cm³/mol. The summed E-state index contributed by atoms with van der Waals surface area (Å²) in [6.07, 6.45) is 0. The molecular weight excluding hydrogens is 356 g/mol. The van der Waals surface area contributed by atoms with Gasteiger partial charge in [0.15, 0.2) is 6.61 Å². The standard InChI is InChI=1S/C19H13ClN2O4/c20-16-10-14(13-8-4-5-9-15(13)21-16)19(25)26-11-17(23)22-18(24)12-6-2-1-3-7-12/h1-10H,11H2,(H,22,23,24). The van der Waals surface area contributed by atoms with Crippen LogP contribution in [0.2, 0.25) is 5.15 Å². The van der Waals surface area contributed by atoms with Gasteiger partial charge in [-0.2, -0.15) is 0 Å². The number of pyridine rings is 1. The van der Waals surface area contributed by atoms with Crippen molar-refractivity contribution in [3.05, 3.63) is 76.9 Å². The average Bonchev–Trinajstić information content (AvgIpc) is 2.66. The van der Waals surface area contributed by atoms with Gasteiger partial charge in [-0.1, -0.05) is 48.0 Å². The van der Waals surface area contributed by atoms with Gasteiger partial charge < -0.3 is 4.74 Å². The number of ether oxygens (including phenoxy) is 1. The number of esters is 1. The number of fused-ring (bicyclic) bond motifs is 1. The first-order valence-corrected chi connectivity index (χ1v) is 8.04. The molecule has 0 saturated heterocycles. The lowest BCUT2D eigenvalue weighted by atomic mass is 10.1. The summed E-state index contributed by atoms with van der Waals surface area (Å²) in [5.41, 5.74) is 1.07. The van der Waals surface area contributed by atoms with Crippen LogP contribution >= 0.6 is 11.6 Å². The Morgan fingerprint density at radius 1 is 1.00 bits per heavy atom. The van der Waals surface area contributed by atoms with Crippen molar-refractivity contribution < 1.29 is 19.1 Å². The molecule has 0 fully saturated rings. The van der Waals surface area contributed by atoms with Crippen LogP contribution in [0.4, 0.5) is 0 Å². The first-order chi connectivity index (χ1) is 12.5. The maximum Gasteiger partial charge on any atom is 0.339 e. The lowest BCUT2D eigenvalue weighted by Gasteiger charge is -2.08. The highest BCUT2D eigenvalue weighted by Crippen LogP contribution is 2.21. The third-order valence-electron chi connectivity index (χ3n) is 3.53. The molecule has 1 heterocycles. The van der Waals surface area contributed by atoms with E-state index in [-0.39, 0.29) is 10.7 Å². The first-order valence-electron chi connectivity index (χ1n) is 7.66. The van der Waals surface area contributed by atoms with E-state index in [1.54, 1.807) is 54.6 Å². The highest BCUT2D eigenvalue weighted by Gasteiger charge is 2.16. The van der Waals surface area contributed by atoms with E-state index in [0.29, 0.717) is 16.5 Å². The fraction of sp³-hybridized carbons (Fsp3) is 0.0526. The van der Waals surface area contributed by atoms with Crippen molar-refractivity contribution in [2.75, 3.05) is 6.61 Å². The molecule has 7 heteroatoms. The Bertz CT molecular complexity index is 989. The second-order valence-electron chi connectivity index (χ2n) is 5.33. The lowest BCUT2D eigenvalue weighted by molar-refractivity contribution is -0.123. The Hall–Kier alpha value is -3.25. The molecule has 0 spiro atoms. The Labute approximate surface area is 153 Å². The Morgan fingerprint density at radius 3 is 2.46 bits per heavy atom. The summed E-state index contributed by atoms with van der Waals surface area (Å²) < 4.78 is 5.00. The molecule has 0 aliphatic rings. The maximum absolute atomic E-state index is 12.3. The number of imide groups is 1. The summed E-state index contributed by atoms with van der Waals surface area (Å²) in [7, 11) is 0. The number of amides is 2. The predicted octanol–water partition coefficient (Wildman–Crippen LogP) is 3.00. The number of para-hydroxylation sites is 1. The van der Waals surface area contributed by atoms with E-state index in [4.69, 9.17) is 16.3 Å². The van der Waals surface area contributed by atoms with Crippen molar-refractivity contribution in [3.63, 3.8) is 0 Å². The number of benzene rings is 2. The molecule has 3 rings (SSSR count). The molecule has 0 aliphatic carbocycles. The lowest BCUT2D eigenvalue weighted by Crippen LogP contribution is -2.34. The van der Waals surface area contributed by atoms with Crippen molar-refractivity contribution >= 4 is 40.3 Å². The van der Waals surface area contributed by atoms with Crippen molar-refractivity contribution in [1.29, 1.82) is 0 Å². The number of nitrogens with one attached hydrogen (secondary N) is 1. The van der Waals surface area contributed by atoms with Crippen LogP contribution in [-0.2, 0) is 9.53 Å². The Kier molecular flexibility index (Phi) is 5.24. The number of rotatable bonds is 4. The number of nitrogens with zero attached hydrogens (tertiary/aromatic N) is 1. The molecule has 130 valence electrons. The van der Waals surface area contributed by atoms with E-state index >= 15 is 0 Å². The summed E-state index contributed by atoms with van der Waals surface area (Å²) in [4.78, 5) is 40.2. The molecule has 1 aromatic heterocycles. The van der Waals surface area contributed by atoms with Crippen molar-refractivity contribution in [1.82, 2.24) is 10.3 Å². The van der Waals surface area contributed by atoms with Gasteiger partial charge >= 0.3 is 5.97 Å². The van der Waals surface area contributed by atoms with Crippen LogP contribution in [0.15, 0.2) is 60.7 Å². The van der Waals surface area contributed by atoms with Crippen molar-refractivity contribution in [2.45, 2.75) is 0 Å². The van der Waals surface area contributed by atoms with Crippen LogP contribution in [0.25, 0.3) is 10.9 Å².